The first-order chi connectivity index (χ1) is 13.6. The molecule has 0 saturated carbocycles. The van der Waals surface area contributed by atoms with Crippen LogP contribution in [0.2, 0.25) is 5.02 Å². The predicted octanol–water partition coefficient (Wildman–Crippen LogP) is 4.83. The molecular formula is C23H23ClN2O2. The highest BCUT2D eigenvalue weighted by Gasteiger charge is 2.21. The molecule has 28 heavy (non-hydrogen) atoms. The molecule has 0 spiro atoms. The number of amides is 1. The highest BCUT2D eigenvalue weighted by atomic mass is 35.5. The minimum absolute atomic E-state index is 0.0788. The van der Waals surface area contributed by atoms with Crippen LogP contribution in [0.5, 0.6) is 0 Å². The number of carbonyl (C=O) groups is 1. The van der Waals surface area contributed by atoms with Gasteiger partial charge >= 0.3 is 0 Å². The van der Waals surface area contributed by atoms with E-state index in [1.54, 1.807) is 24.3 Å². The fourth-order valence-electron chi connectivity index (χ4n) is 3.71. The van der Waals surface area contributed by atoms with E-state index in [-0.39, 0.29) is 5.91 Å². The Labute approximate surface area is 170 Å². The molecule has 2 aromatic carbocycles. The summed E-state index contributed by atoms with van der Waals surface area (Å²) in [6.45, 7) is 5.08. The first-order valence-corrected chi connectivity index (χ1v) is 10.0. The molecule has 2 aromatic rings. The zero-order valence-electron chi connectivity index (χ0n) is 16.0. The average molecular weight is 395 g/mol. The summed E-state index contributed by atoms with van der Waals surface area (Å²) in [4.78, 5) is 19.0. The zero-order chi connectivity index (χ0) is 19.5. The fourth-order valence-corrected chi connectivity index (χ4v) is 3.83. The van der Waals surface area contributed by atoms with Gasteiger partial charge in [0, 0.05) is 29.2 Å². The quantitative estimate of drug-likeness (QED) is 0.748. The third-order valence-electron chi connectivity index (χ3n) is 5.43. The van der Waals surface area contributed by atoms with Crippen molar-refractivity contribution < 1.29 is 9.53 Å². The van der Waals surface area contributed by atoms with Crippen molar-refractivity contribution in [2.75, 3.05) is 26.2 Å². The van der Waals surface area contributed by atoms with Crippen molar-refractivity contribution >= 4 is 29.0 Å². The summed E-state index contributed by atoms with van der Waals surface area (Å²) in [6.07, 6.45) is 1.81. The molecule has 4 nitrogen and oxygen atoms in total. The van der Waals surface area contributed by atoms with E-state index in [4.69, 9.17) is 16.3 Å². The van der Waals surface area contributed by atoms with Crippen LogP contribution in [-0.2, 0) is 4.74 Å². The summed E-state index contributed by atoms with van der Waals surface area (Å²) in [5.74, 6) is 0.820. The van der Waals surface area contributed by atoms with E-state index in [0.717, 1.165) is 43.9 Å². The van der Waals surface area contributed by atoms with E-state index in [2.05, 4.69) is 36.2 Å². The third kappa shape index (κ3) is 3.97. The highest BCUT2D eigenvalue weighted by Crippen LogP contribution is 2.27. The Balaban J connectivity index is 1.42. The van der Waals surface area contributed by atoms with Gasteiger partial charge in [-0.1, -0.05) is 29.3 Å². The minimum atomic E-state index is 0.0788. The molecule has 4 rings (SSSR count). The van der Waals surface area contributed by atoms with Crippen LogP contribution >= 0.6 is 11.6 Å². The molecule has 2 heterocycles. The molecule has 0 aliphatic carbocycles. The number of carbonyl (C=O) groups excluding carboxylic acids is 1. The van der Waals surface area contributed by atoms with Crippen molar-refractivity contribution in [1.29, 1.82) is 0 Å². The number of hydrogen-bond donors (Lipinski definition) is 0. The normalized spacial score (nSPS) is 16.6. The van der Waals surface area contributed by atoms with Gasteiger partial charge in [-0.3, -0.25) is 4.79 Å². The molecular weight excluding hydrogens is 372 g/mol. The largest absolute Gasteiger partial charge is 0.476 e. The number of halogens is 1. The number of ether oxygens (including phenoxy) is 1. The smallest absolute Gasteiger partial charge is 0.253 e. The Morgan fingerprint density at radius 1 is 1.00 bits per heavy atom. The van der Waals surface area contributed by atoms with Crippen LogP contribution in [0, 0.1) is 0 Å². The summed E-state index contributed by atoms with van der Waals surface area (Å²) in [5.41, 5.74) is 5.67. The number of hydrogen-bond acceptors (Lipinski definition) is 3. The Hall–Kier alpha value is -2.59. The van der Waals surface area contributed by atoms with E-state index < -0.39 is 0 Å². The maximum atomic E-state index is 12.7. The Bertz CT molecular complexity index is 920. The number of aliphatic imine (C=N–C) groups is 1. The molecule has 5 heteroatoms. The van der Waals surface area contributed by atoms with E-state index in [0.29, 0.717) is 17.2 Å². The van der Waals surface area contributed by atoms with Gasteiger partial charge in [0.05, 0.1) is 6.54 Å². The van der Waals surface area contributed by atoms with Crippen LogP contribution in [0.15, 0.2) is 59.1 Å². The maximum absolute atomic E-state index is 12.7. The van der Waals surface area contributed by atoms with Crippen molar-refractivity contribution in [3.63, 3.8) is 0 Å². The zero-order valence-corrected chi connectivity index (χ0v) is 16.7. The number of nitrogens with zero attached hydrogens (tertiary/aromatic N) is 2. The van der Waals surface area contributed by atoms with E-state index >= 15 is 0 Å². The average Bonchev–Trinajstić information content (AvgIpc) is 3.28. The SMILES string of the molecule is CC(=C1CCN(C(=O)c2ccc(Cl)cc2)CC1)c1ccc(C2=NCCO2)cc1. The Morgan fingerprint density at radius 3 is 2.25 bits per heavy atom. The van der Waals surface area contributed by atoms with Crippen molar-refractivity contribution in [2.45, 2.75) is 19.8 Å². The predicted molar refractivity (Wildman–Crippen MR) is 113 cm³/mol. The van der Waals surface area contributed by atoms with Gasteiger partial charge in [-0.05, 0) is 67.3 Å². The molecule has 2 aliphatic heterocycles. The third-order valence-corrected chi connectivity index (χ3v) is 5.68. The topological polar surface area (TPSA) is 41.9 Å². The lowest BCUT2D eigenvalue weighted by molar-refractivity contribution is 0.0744. The first-order valence-electron chi connectivity index (χ1n) is 9.63. The van der Waals surface area contributed by atoms with Crippen LogP contribution in [0.3, 0.4) is 0 Å². The molecule has 1 amide bonds. The second-order valence-electron chi connectivity index (χ2n) is 7.14. The molecule has 144 valence electrons. The monoisotopic (exact) mass is 394 g/mol. The van der Waals surface area contributed by atoms with Gasteiger partial charge in [0.15, 0.2) is 0 Å². The van der Waals surface area contributed by atoms with Crippen molar-refractivity contribution in [2.24, 2.45) is 4.99 Å². The maximum Gasteiger partial charge on any atom is 0.253 e. The summed E-state index contributed by atoms with van der Waals surface area (Å²) < 4.78 is 5.53. The molecule has 0 N–H and O–H groups in total. The minimum Gasteiger partial charge on any atom is -0.476 e. The lowest BCUT2D eigenvalue weighted by atomic mass is 9.93. The molecule has 0 radical (unpaired) electrons. The summed E-state index contributed by atoms with van der Waals surface area (Å²) in [6, 6.07) is 15.5. The second-order valence-corrected chi connectivity index (χ2v) is 7.58. The van der Waals surface area contributed by atoms with Crippen LogP contribution in [0.4, 0.5) is 0 Å². The van der Waals surface area contributed by atoms with Gasteiger partial charge in [0.25, 0.3) is 5.91 Å². The standard InChI is InChI=1S/C23H23ClN2O2/c1-16(17-2-4-19(5-3-17)22-25-12-15-28-22)18-10-13-26(14-11-18)23(27)20-6-8-21(24)9-7-20/h2-9H,10-15H2,1H3. The lowest BCUT2D eigenvalue weighted by Gasteiger charge is -2.30. The molecule has 1 fully saturated rings. The van der Waals surface area contributed by atoms with Crippen LogP contribution in [0.1, 0.15) is 41.3 Å². The molecule has 0 atom stereocenters. The number of piperidine rings is 1. The molecule has 0 unspecified atom stereocenters. The van der Waals surface area contributed by atoms with Crippen LogP contribution in [0.25, 0.3) is 5.57 Å². The fraction of sp³-hybridized carbons (Fsp3) is 0.304. The molecule has 0 aromatic heterocycles. The van der Waals surface area contributed by atoms with Gasteiger partial charge in [-0.25, -0.2) is 4.99 Å². The van der Waals surface area contributed by atoms with Gasteiger partial charge in [-0.2, -0.15) is 0 Å². The van der Waals surface area contributed by atoms with Crippen molar-refractivity contribution in [3.8, 4) is 0 Å². The number of allylic oxidation sites excluding steroid dienone is 1. The van der Waals surface area contributed by atoms with Gasteiger partial charge in [0.1, 0.15) is 6.61 Å². The summed E-state index contributed by atoms with van der Waals surface area (Å²) >= 11 is 5.92. The van der Waals surface area contributed by atoms with E-state index in [1.807, 2.05) is 4.90 Å². The molecule has 1 saturated heterocycles. The van der Waals surface area contributed by atoms with Crippen molar-refractivity contribution in [1.82, 2.24) is 4.90 Å². The number of rotatable bonds is 3. The van der Waals surface area contributed by atoms with Gasteiger partial charge in [-0.15, -0.1) is 0 Å². The molecule has 2 aliphatic rings. The summed E-state index contributed by atoms with van der Waals surface area (Å²) in [7, 11) is 0. The van der Waals surface area contributed by atoms with Gasteiger partial charge < -0.3 is 9.64 Å². The lowest BCUT2D eigenvalue weighted by Crippen LogP contribution is -2.36. The second kappa shape index (κ2) is 8.19. The Kier molecular flexibility index (Phi) is 5.49. The molecule has 0 bridgehead atoms. The van der Waals surface area contributed by atoms with E-state index in [9.17, 15) is 4.79 Å². The van der Waals surface area contributed by atoms with Crippen molar-refractivity contribution in [3.05, 3.63) is 75.8 Å². The van der Waals surface area contributed by atoms with Gasteiger partial charge in [0.2, 0.25) is 5.90 Å². The highest BCUT2D eigenvalue weighted by molar-refractivity contribution is 6.30. The van der Waals surface area contributed by atoms with E-state index in [1.165, 1.54) is 16.7 Å². The summed E-state index contributed by atoms with van der Waals surface area (Å²) in [5, 5.41) is 0.647. The van der Waals surface area contributed by atoms with Crippen LogP contribution in [-0.4, -0.2) is 42.9 Å². The number of likely N-dealkylation sites (tertiary alicyclic amines) is 1. The first kappa shape index (κ1) is 18.8. The Morgan fingerprint density at radius 2 is 1.64 bits per heavy atom. The van der Waals surface area contributed by atoms with Crippen LogP contribution < -0.4 is 0 Å². The number of benzene rings is 2.